The van der Waals surface area contributed by atoms with Gasteiger partial charge in [0, 0.05) is 22.3 Å². The second-order valence-corrected chi connectivity index (χ2v) is 4.40. The van der Waals surface area contributed by atoms with Gasteiger partial charge in [0.1, 0.15) is 0 Å². The number of aromatic nitrogens is 1. The van der Waals surface area contributed by atoms with Crippen molar-refractivity contribution in [2.24, 2.45) is 0 Å². The van der Waals surface area contributed by atoms with Gasteiger partial charge in [-0.25, -0.2) is 0 Å². The van der Waals surface area contributed by atoms with Crippen LogP contribution < -0.4 is 5.56 Å². The maximum absolute atomic E-state index is 11.6. The van der Waals surface area contributed by atoms with Crippen molar-refractivity contribution >= 4 is 22.5 Å². The first-order chi connectivity index (χ1) is 7.63. The van der Waals surface area contributed by atoms with E-state index in [9.17, 15) is 4.79 Å². The fourth-order valence-corrected chi connectivity index (χ4v) is 2.08. The molecule has 1 heterocycles. The molecule has 0 aliphatic heterocycles. The first-order valence-corrected chi connectivity index (χ1v) is 5.85. The number of hydrogen-bond donors (Lipinski definition) is 1. The quantitative estimate of drug-likeness (QED) is 0.798. The van der Waals surface area contributed by atoms with E-state index < -0.39 is 0 Å². The Hall–Kier alpha value is -1.28. The first kappa shape index (κ1) is 11.2. The molecule has 3 heteroatoms. The molecule has 0 aliphatic carbocycles. The molecule has 16 heavy (non-hydrogen) atoms. The summed E-state index contributed by atoms with van der Waals surface area (Å²) in [5.41, 5.74) is 3.93. The molecule has 2 nitrogen and oxygen atoms in total. The maximum Gasteiger partial charge on any atom is 0.251 e. The van der Waals surface area contributed by atoms with Gasteiger partial charge in [0.05, 0.1) is 0 Å². The Morgan fingerprint density at radius 3 is 2.69 bits per heavy atom. The Labute approximate surface area is 99.3 Å². The predicted octanol–water partition coefficient (Wildman–Crippen LogP) is 2.93. The highest BCUT2D eigenvalue weighted by Gasteiger charge is 2.05. The summed E-state index contributed by atoms with van der Waals surface area (Å²) in [5, 5.41) is 1.11. The lowest BCUT2D eigenvalue weighted by Crippen LogP contribution is -2.11. The summed E-state index contributed by atoms with van der Waals surface area (Å²) in [5.74, 6) is 0.618. The molecule has 84 valence electrons. The summed E-state index contributed by atoms with van der Waals surface area (Å²) in [4.78, 5) is 14.5. The van der Waals surface area contributed by atoms with Crippen molar-refractivity contribution in [1.82, 2.24) is 4.98 Å². The topological polar surface area (TPSA) is 32.9 Å². The third-order valence-corrected chi connectivity index (χ3v) is 3.21. The van der Waals surface area contributed by atoms with Gasteiger partial charge in [-0.3, -0.25) is 4.79 Å². The normalized spacial score (nSPS) is 10.9. The third-order valence-electron chi connectivity index (χ3n) is 3.02. The number of nitrogens with one attached hydrogen (secondary N) is 1. The van der Waals surface area contributed by atoms with E-state index in [0.717, 1.165) is 28.5 Å². The molecule has 1 aromatic heterocycles. The van der Waals surface area contributed by atoms with E-state index >= 15 is 0 Å². The second-order valence-electron chi connectivity index (χ2n) is 4.02. The molecule has 0 unspecified atom stereocenters. The molecule has 0 radical (unpaired) electrons. The summed E-state index contributed by atoms with van der Waals surface area (Å²) in [6, 6.07) is 6.07. The highest BCUT2D eigenvalue weighted by molar-refractivity contribution is 6.18. The van der Waals surface area contributed by atoms with Crippen LogP contribution in [0.4, 0.5) is 0 Å². The van der Waals surface area contributed by atoms with Gasteiger partial charge in [0.25, 0.3) is 5.56 Å². The lowest BCUT2D eigenvalue weighted by atomic mass is 10.0. The van der Waals surface area contributed by atoms with Crippen LogP contribution in [0, 0.1) is 13.8 Å². The first-order valence-electron chi connectivity index (χ1n) is 5.31. The number of benzene rings is 1. The number of aromatic amines is 1. The van der Waals surface area contributed by atoms with Gasteiger partial charge in [-0.1, -0.05) is 6.07 Å². The summed E-state index contributed by atoms with van der Waals surface area (Å²) < 4.78 is 0. The molecular formula is C13H14ClNO. The van der Waals surface area contributed by atoms with Crippen LogP contribution in [-0.4, -0.2) is 10.9 Å². The van der Waals surface area contributed by atoms with Gasteiger partial charge >= 0.3 is 0 Å². The van der Waals surface area contributed by atoms with E-state index in [1.54, 1.807) is 0 Å². The van der Waals surface area contributed by atoms with Crippen LogP contribution in [0.2, 0.25) is 0 Å². The van der Waals surface area contributed by atoms with Crippen LogP contribution in [-0.2, 0) is 6.42 Å². The highest BCUT2D eigenvalue weighted by Crippen LogP contribution is 2.19. The van der Waals surface area contributed by atoms with Gasteiger partial charge in [0.15, 0.2) is 0 Å². The third kappa shape index (κ3) is 1.85. The predicted molar refractivity (Wildman–Crippen MR) is 68.5 cm³/mol. The molecule has 0 atom stereocenters. The molecule has 0 aliphatic rings. The average molecular weight is 236 g/mol. The number of H-pyrrole nitrogens is 1. The SMILES string of the molecule is Cc1c(C)c2cc(CCCl)ccc2[nH]c1=O. The Morgan fingerprint density at radius 2 is 2.00 bits per heavy atom. The molecule has 2 rings (SSSR count). The van der Waals surface area contributed by atoms with E-state index in [4.69, 9.17) is 11.6 Å². The van der Waals surface area contributed by atoms with Crippen molar-refractivity contribution in [2.45, 2.75) is 20.3 Å². The molecule has 0 saturated heterocycles. The minimum Gasteiger partial charge on any atom is -0.322 e. The molecule has 0 saturated carbocycles. The Kier molecular flexibility index (Phi) is 3.01. The number of alkyl halides is 1. The zero-order chi connectivity index (χ0) is 11.7. The lowest BCUT2D eigenvalue weighted by molar-refractivity contribution is 1.14. The van der Waals surface area contributed by atoms with E-state index in [0.29, 0.717) is 5.88 Å². The van der Waals surface area contributed by atoms with Gasteiger partial charge in [0.2, 0.25) is 0 Å². The summed E-state index contributed by atoms with van der Waals surface area (Å²) in [6.07, 6.45) is 0.856. The van der Waals surface area contributed by atoms with Gasteiger partial charge in [-0.05, 0) is 43.5 Å². The van der Waals surface area contributed by atoms with Crippen LogP contribution in [0.15, 0.2) is 23.0 Å². The second kappa shape index (κ2) is 4.30. The maximum atomic E-state index is 11.6. The van der Waals surface area contributed by atoms with Gasteiger partial charge in [-0.2, -0.15) is 0 Å². The van der Waals surface area contributed by atoms with Crippen LogP contribution >= 0.6 is 11.6 Å². The Morgan fingerprint density at radius 1 is 1.25 bits per heavy atom. The number of rotatable bonds is 2. The monoisotopic (exact) mass is 235 g/mol. The number of halogens is 1. The average Bonchev–Trinajstić information content (AvgIpc) is 2.28. The number of aryl methyl sites for hydroxylation is 2. The molecule has 0 amide bonds. The molecule has 0 bridgehead atoms. The minimum absolute atomic E-state index is 0.00454. The zero-order valence-electron chi connectivity index (χ0n) is 9.43. The summed E-state index contributed by atoms with van der Waals surface area (Å²) in [6.45, 7) is 3.83. The molecular weight excluding hydrogens is 222 g/mol. The van der Waals surface area contributed by atoms with Crippen molar-refractivity contribution in [1.29, 1.82) is 0 Å². The number of hydrogen-bond acceptors (Lipinski definition) is 1. The van der Waals surface area contributed by atoms with Crippen molar-refractivity contribution in [3.05, 3.63) is 45.2 Å². The summed E-state index contributed by atoms with van der Waals surface area (Å²) in [7, 11) is 0. The molecule has 0 fully saturated rings. The Balaban J connectivity index is 2.72. The molecule has 1 N–H and O–H groups in total. The van der Waals surface area contributed by atoms with E-state index in [-0.39, 0.29) is 5.56 Å². The van der Waals surface area contributed by atoms with Crippen LogP contribution in [0.25, 0.3) is 10.9 Å². The smallest absolute Gasteiger partial charge is 0.251 e. The van der Waals surface area contributed by atoms with E-state index in [2.05, 4.69) is 11.1 Å². The van der Waals surface area contributed by atoms with Gasteiger partial charge < -0.3 is 4.98 Å². The fourth-order valence-electron chi connectivity index (χ4n) is 1.86. The molecule has 2 aromatic rings. The molecule has 0 spiro atoms. The van der Waals surface area contributed by atoms with Crippen LogP contribution in [0.3, 0.4) is 0 Å². The largest absolute Gasteiger partial charge is 0.322 e. The molecule has 1 aromatic carbocycles. The van der Waals surface area contributed by atoms with Gasteiger partial charge in [-0.15, -0.1) is 11.6 Å². The Bertz CT molecular complexity index is 586. The van der Waals surface area contributed by atoms with E-state index in [1.165, 1.54) is 5.56 Å². The van der Waals surface area contributed by atoms with Crippen LogP contribution in [0.1, 0.15) is 16.7 Å². The van der Waals surface area contributed by atoms with Crippen molar-refractivity contribution in [3.8, 4) is 0 Å². The summed E-state index contributed by atoms with van der Waals surface area (Å²) >= 11 is 5.73. The lowest BCUT2D eigenvalue weighted by Gasteiger charge is -2.07. The van der Waals surface area contributed by atoms with Crippen molar-refractivity contribution in [3.63, 3.8) is 0 Å². The van der Waals surface area contributed by atoms with Crippen molar-refractivity contribution < 1.29 is 0 Å². The van der Waals surface area contributed by atoms with Crippen molar-refractivity contribution in [2.75, 3.05) is 5.88 Å². The minimum atomic E-state index is -0.00454. The highest BCUT2D eigenvalue weighted by atomic mass is 35.5. The fraction of sp³-hybridized carbons (Fsp3) is 0.308. The van der Waals surface area contributed by atoms with E-state index in [1.807, 2.05) is 26.0 Å². The van der Waals surface area contributed by atoms with Crippen LogP contribution in [0.5, 0.6) is 0 Å². The standard InChI is InChI=1S/C13H14ClNO/c1-8-9(2)13(16)15-12-4-3-10(5-6-14)7-11(8)12/h3-4,7H,5-6H2,1-2H3,(H,15,16). The zero-order valence-corrected chi connectivity index (χ0v) is 10.2. The number of fused-ring (bicyclic) bond motifs is 1. The number of pyridine rings is 1.